The van der Waals surface area contributed by atoms with Crippen molar-refractivity contribution in [3.8, 4) is 0 Å². The van der Waals surface area contributed by atoms with E-state index in [4.69, 9.17) is 24.8 Å². The molecule has 0 saturated heterocycles. The Bertz CT molecular complexity index is 1510. The van der Waals surface area contributed by atoms with Gasteiger partial charge < -0.3 is 40.5 Å². The lowest BCUT2D eigenvalue weighted by Crippen LogP contribution is -2.34. The van der Waals surface area contributed by atoms with Gasteiger partial charge in [0.05, 0.1) is 31.5 Å². The first kappa shape index (κ1) is 57.6. The highest BCUT2D eigenvalue weighted by Gasteiger charge is 2.39. The molecule has 0 aliphatic heterocycles. The molecule has 7 N–H and O–H groups in total. The van der Waals surface area contributed by atoms with Crippen molar-refractivity contribution in [1.82, 2.24) is 0 Å². The number of phosphoric ester groups is 1. The third-order valence-electron chi connectivity index (χ3n) is 10.2. The number of ether oxygens (including phenoxy) is 2. The van der Waals surface area contributed by atoms with Crippen molar-refractivity contribution in [2.24, 2.45) is 17.6 Å². The van der Waals surface area contributed by atoms with Gasteiger partial charge in [-0.1, -0.05) is 137 Å². The van der Waals surface area contributed by atoms with E-state index in [1.807, 2.05) is 24.3 Å². The van der Waals surface area contributed by atoms with Crippen molar-refractivity contribution in [1.29, 1.82) is 0 Å². The molecule has 0 aromatic carbocycles. The first-order valence-corrected chi connectivity index (χ1v) is 24.4. The molecule has 1 unspecified atom stereocenters. The van der Waals surface area contributed by atoms with Crippen LogP contribution in [0.1, 0.15) is 136 Å². The minimum Gasteiger partial charge on any atom is -0.480 e. The number of carbonyl (C=O) groups is 3. The van der Waals surface area contributed by atoms with Crippen LogP contribution in [0.4, 0.5) is 0 Å². The topological polar surface area (TPSA) is 232 Å². The number of unbranched alkanes of at least 4 members (excludes halogenated alkanes) is 5. The van der Waals surface area contributed by atoms with E-state index >= 15 is 0 Å². The van der Waals surface area contributed by atoms with Gasteiger partial charge in [0.1, 0.15) is 12.6 Å². The third kappa shape index (κ3) is 31.1. The number of phosphoric acid groups is 1. The summed E-state index contributed by atoms with van der Waals surface area (Å²) >= 11 is 0. The van der Waals surface area contributed by atoms with Crippen LogP contribution in [0.2, 0.25) is 0 Å². The number of carboxylic acid groups (broad SMARTS) is 1. The molecule has 358 valence electrons. The fourth-order valence-corrected chi connectivity index (χ4v) is 7.43. The molecule has 15 heteroatoms. The Hall–Kier alpha value is -3.46. The molecular weight excluding hydrogens is 829 g/mol. The van der Waals surface area contributed by atoms with Gasteiger partial charge in [0.2, 0.25) is 0 Å². The van der Waals surface area contributed by atoms with Crippen LogP contribution in [0.5, 0.6) is 0 Å². The molecule has 63 heavy (non-hydrogen) atoms. The number of aliphatic carboxylic acids is 1. The molecule has 0 spiro atoms. The predicted molar refractivity (Wildman–Crippen MR) is 246 cm³/mol. The molecule has 0 heterocycles. The number of carbonyl (C=O) groups excluding carboxylic acids is 2. The number of aliphatic hydroxyl groups excluding tert-OH is 3. The highest BCUT2D eigenvalue weighted by molar-refractivity contribution is 7.47. The summed E-state index contributed by atoms with van der Waals surface area (Å²) in [5.41, 5.74) is 5.33. The fourth-order valence-electron chi connectivity index (χ4n) is 6.66. The monoisotopic (exact) mass is 908 g/mol. The van der Waals surface area contributed by atoms with Gasteiger partial charge in [-0.2, -0.15) is 0 Å². The van der Waals surface area contributed by atoms with Crippen LogP contribution in [0.3, 0.4) is 0 Å². The Balaban J connectivity index is 2.51. The normalized spacial score (nSPS) is 20.9. The second kappa shape index (κ2) is 36.8. The first-order valence-electron chi connectivity index (χ1n) is 22.9. The lowest BCUT2D eigenvalue weighted by Gasteiger charge is -2.21. The van der Waals surface area contributed by atoms with Crippen LogP contribution in [-0.4, -0.2) is 93.5 Å². The van der Waals surface area contributed by atoms with Gasteiger partial charge in [-0.15, -0.1) is 0 Å². The number of esters is 2. The number of hydrogen-bond acceptors (Lipinski definition) is 12. The van der Waals surface area contributed by atoms with Crippen LogP contribution in [0.25, 0.3) is 0 Å². The van der Waals surface area contributed by atoms with Crippen molar-refractivity contribution in [2.75, 3.05) is 19.8 Å². The number of rotatable bonds is 37. The highest BCUT2D eigenvalue weighted by atomic mass is 31.2. The molecular formula is C48H78NO13P. The van der Waals surface area contributed by atoms with E-state index in [2.05, 4.69) is 73.1 Å². The minimum atomic E-state index is -4.80. The van der Waals surface area contributed by atoms with Crippen molar-refractivity contribution in [3.63, 3.8) is 0 Å². The second-order valence-electron chi connectivity index (χ2n) is 15.8. The van der Waals surface area contributed by atoms with Gasteiger partial charge in [-0.25, -0.2) is 4.57 Å². The van der Waals surface area contributed by atoms with Crippen LogP contribution < -0.4 is 5.73 Å². The van der Waals surface area contributed by atoms with Gasteiger partial charge in [0.25, 0.3) is 0 Å². The molecule has 0 aromatic rings. The third-order valence-corrected chi connectivity index (χ3v) is 11.2. The second-order valence-corrected chi connectivity index (χ2v) is 17.2. The summed E-state index contributed by atoms with van der Waals surface area (Å²) in [5, 5.41) is 40.3. The van der Waals surface area contributed by atoms with E-state index in [1.54, 1.807) is 6.08 Å². The molecule has 1 rings (SSSR count). The highest BCUT2D eigenvalue weighted by Crippen LogP contribution is 2.43. The van der Waals surface area contributed by atoms with E-state index in [1.165, 1.54) is 0 Å². The van der Waals surface area contributed by atoms with Crippen molar-refractivity contribution in [2.45, 2.75) is 166 Å². The smallest absolute Gasteiger partial charge is 0.472 e. The summed E-state index contributed by atoms with van der Waals surface area (Å²) in [6.45, 7) is 2.28. The van der Waals surface area contributed by atoms with Gasteiger partial charge in [-0.3, -0.25) is 23.4 Å². The lowest BCUT2D eigenvalue weighted by atomic mass is 9.88. The maximum Gasteiger partial charge on any atom is 0.472 e. The molecule has 0 radical (unpaired) electrons. The van der Waals surface area contributed by atoms with Crippen molar-refractivity contribution in [3.05, 3.63) is 85.1 Å². The maximum absolute atomic E-state index is 12.8. The summed E-state index contributed by atoms with van der Waals surface area (Å²) in [7, 11) is -4.80. The van der Waals surface area contributed by atoms with Gasteiger partial charge in [-0.05, 0) is 70.1 Å². The Kier molecular flexibility index (Phi) is 33.7. The Labute approximate surface area is 376 Å². The zero-order valence-electron chi connectivity index (χ0n) is 37.7. The Morgan fingerprint density at radius 1 is 0.714 bits per heavy atom. The fraction of sp³-hybridized carbons (Fsp3) is 0.646. The minimum absolute atomic E-state index is 0.0138. The number of hydrogen-bond donors (Lipinski definition) is 6. The molecule has 1 aliphatic carbocycles. The number of aliphatic hydroxyl groups is 3. The standard InChI is InChI=1S/C48H78NO13P/c1-3-5-7-8-9-10-11-12-13-14-15-16-17-18-19-20-21-22-27-31-46(53)59-36-40(37-60-63(57,58)61-38-43(49)48(55)56)62-47(54)32-28-24-23-26-30-41-42(45(52)35-44(41)51)34-33-39(50)29-25-6-4-2/h5,7,9-10,12-13,15-16,18-19,21-22,33-34,39-45,50-52H,3-4,6,8,11,14,17,20,23-32,35-38,49H2,1-2H3,(H,55,56)(H,57,58)/b7-5-,10-9-,13-12-,16-15-,19-18-,22-21-,34-33+/t39-,40+,41+,42+,43-,44-,45+/m0/s1. The van der Waals surface area contributed by atoms with Crippen LogP contribution >= 0.6 is 7.82 Å². The van der Waals surface area contributed by atoms with Gasteiger partial charge in [0, 0.05) is 25.2 Å². The van der Waals surface area contributed by atoms with Crippen LogP contribution in [-0.2, 0) is 37.5 Å². The summed E-state index contributed by atoms with van der Waals surface area (Å²) in [6.07, 6.45) is 38.7. The molecule has 1 aliphatic rings. The van der Waals surface area contributed by atoms with Crippen LogP contribution in [0.15, 0.2) is 85.1 Å². The number of nitrogens with two attached hydrogens (primary N) is 1. The zero-order valence-corrected chi connectivity index (χ0v) is 38.6. The summed E-state index contributed by atoms with van der Waals surface area (Å²) in [5.74, 6) is -3.04. The van der Waals surface area contributed by atoms with Crippen molar-refractivity contribution < 1.29 is 62.8 Å². The quantitative estimate of drug-likeness (QED) is 0.0148. The maximum atomic E-state index is 12.8. The average molecular weight is 908 g/mol. The SMILES string of the molecule is CC/C=C\C/C=C\C/C=C\C/C=C\C/C=C\C/C=C\CCC(=O)OC[C@H](COP(=O)(O)OC[C@H](N)C(=O)O)OC(=O)CCCCCC[C@@H]1[C@@H](/C=C/[C@@H](O)CCCCC)[C@H](O)C[C@@H]1O. The summed E-state index contributed by atoms with van der Waals surface area (Å²) < 4.78 is 32.7. The Morgan fingerprint density at radius 2 is 1.29 bits per heavy atom. The predicted octanol–water partition coefficient (Wildman–Crippen LogP) is 8.66. The summed E-state index contributed by atoms with van der Waals surface area (Å²) in [4.78, 5) is 46.2. The molecule has 1 saturated carbocycles. The van der Waals surface area contributed by atoms with Crippen LogP contribution in [0, 0.1) is 11.8 Å². The largest absolute Gasteiger partial charge is 0.480 e. The van der Waals surface area contributed by atoms with E-state index in [-0.39, 0.29) is 31.1 Å². The molecule has 0 aromatic heterocycles. The Morgan fingerprint density at radius 3 is 1.87 bits per heavy atom. The number of allylic oxidation sites excluding steroid dienone is 12. The van der Waals surface area contributed by atoms with E-state index in [0.717, 1.165) is 64.2 Å². The first-order chi connectivity index (χ1) is 30.3. The number of carboxylic acids is 1. The molecule has 0 amide bonds. The van der Waals surface area contributed by atoms with E-state index in [0.29, 0.717) is 38.5 Å². The van der Waals surface area contributed by atoms with E-state index in [9.17, 15) is 39.2 Å². The van der Waals surface area contributed by atoms with Gasteiger partial charge >= 0.3 is 25.7 Å². The van der Waals surface area contributed by atoms with E-state index < -0.39 is 76.0 Å². The zero-order chi connectivity index (χ0) is 46.6. The molecule has 0 bridgehead atoms. The molecule has 8 atom stereocenters. The van der Waals surface area contributed by atoms with Crippen molar-refractivity contribution >= 4 is 25.7 Å². The summed E-state index contributed by atoms with van der Waals surface area (Å²) in [6, 6.07) is -1.57. The lowest BCUT2D eigenvalue weighted by molar-refractivity contribution is -0.161. The van der Waals surface area contributed by atoms with Gasteiger partial charge in [0.15, 0.2) is 6.10 Å². The molecule has 14 nitrogen and oxygen atoms in total. The molecule has 1 fully saturated rings. The average Bonchev–Trinajstić information content (AvgIpc) is 3.52.